The number of rotatable bonds is 8. The number of hydrogen-bond acceptors (Lipinski definition) is 6. The second kappa shape index (κ2) is 10.1. The molecule has 0 aromatic heterocycles. The molecular formula is C18H20N4O4S. The van der Waals surface area contributed by atoms with Gasteiger partial charge in [0, 0.05) is 18.2 Å². The molecule has 0 radical (unpaired) electrons. The van der Waals surface area contributed by atoms with Crippen LogP contribution in [-0.2, 0) is 6.54 Å². The molecule has 27 heavy (non-hydrogen) atoms. The Bertz CT molecular complexity index is 828. The van der Waals surface area contributed by atoms with Crippen molar-refractivity contribution in [3.05, 3.63) is 63.7 Å². The Balaban J connectivity index is 2.04. The highest BCUT2D eigenvalue weighted by Gasteiger charge is 2.21. The van der Waals surface area contributed by atoms with Crippen molar-refractivity contribution < 1.29 is 14.4 Å². The maximum atomic E-state index is 11.3. The van der Waals surface area contributed by atoms with Crippen LogP contribution in [-0.4, -0.2) is 30.0 Å². The largest absolute Gasteiger partial charge is 0.490 e. The van der Waals surface area contributed by atoms with Crippen molar-refractivity contribution >= 4 is 29.2 Å². The molecule has 0 aliphatic rings. The van der Waals surface area contributed by atoms with Crippen molar-refractivity contribution in [1.82, 2.24) is 10.7 Å². The van der Waals surface area contributed by atoms with Crippen LogP contribution in [0.25, 0.3) is 0 Å². The van der Waals surface area contributed by atoms with Gasteiger partial charge in [0.2, 0.25) is 5.75 Å². The van der Waals surface area contributed by atoms with Crippen LogP contribution in [0.4, 0.5) is 5.69 Å². The van der Waals surface area contributed by atoms with Crippen molar-refractivity contribution in [3.8, 4) is 11.5 Å². The van der Waals surface area contributed by atoms with E-state index in [1.807, 2.05) is 30.3 Å². The SMILES string of the molecule is CCOc1cc(/C=N\NC(=S)NCc2ccccc2)cc([N+](=O)[O-])c1OC. The first-order valence-electron chi connectivity index (χ1n) is 8.15. The van der Waals surface area contributed by atoms with Crippen LogP contribution in [0.15, 0.2) is 47.6 Å². The molecule has 2 aromatic carbocycles. The van der Waals surface area contributed by atoms with Gasteiger partial charge in [-0.25, -0.2) is 0 Å². The fourth-order valence-electron chi connectivity index (χ4n) is 2.27. The normalized spacial score (nSPS) is 10.4. The Labute approximate surface area is 162 Å². The molecule has 2 aromatic rings. The van der Waals surface area contributed by atoms with Crippen LogP contribution in [0, 0.1) is 10.1 Å². The van der Waals surface area contributed by atoms with E-state index in [0.717, 1.165) is 5.56 Å². The van der Waals surface area contributed by atoms with Crippen molar-refractivity contribution in [3.63, 3.8) is 0 Å². The summed E-state index contributed by atoms with van der Waals surface area (Å²) < 4.78 is 10.5. The summed E-state index contributed by atoms with van der Waals surface area (Å²) in [6.45, 7) is 2.69. The molecular weight excluding hydrogens is 368 g/mol. The second-order valence-corrected chi connectivity index (χ2v) is 5.71. The number of hydrogen-bond donors (Lipinski definition) is 2. The lowest BCUT2D eigenvalue weighted by atomic mass is 10.2. The third-order valence-corrected chi connectivity index (χ3v) is 3.67. The number of benzene rings is 2. The summed E-state index contributed by atoms with van der Waals surface area (Å²) in [5.41, 5.74) is 4.04. The van der Waals surface area contributed by atoms with Gasteiger partial charge in [-0.15, -0.1) is 0 Å². The van der Waals surface area contributed by atoms with E-state index in [1.54, 1.807) is 13.0 Å². The molecule has 0 aliphatic carbocycles. The molecule has 0 amide bonds. The summed E-state index contributed by atoms with van der Waals surface area (Å²) in [4.78, 5) is 10.7. The smallest absolute Gasteiger partial charge is 0.315 e. The van der Waals surface area contributed by atoms with Crippen LogP contribution in [0.1, 0.15) is 18.1 Å². The van der Waals surface area contributed by atoms with E-state index in [1.165, 1.54) is 19.4 Å². The number of nitrogens with one attached hydrogen (secondary N) is 2. The minimum absolute atomic E-state index is 0.0759. The van der Waals surface area contributed by atoms with Crippen LogP contribution >= 0.6 is 12.2 Å². The minimum Gasteiger partial charge on any atom is -0.490 e. The molecule has 9 heteroatoms. The van der Waals surface area contributed by atoms with E-state index in [9.17, 15) is 10.1 Å². The fourth-order valence-corrected chi connectivity index (χ4v) is 2.39. The zero-order valence-electron chi connectivity index (χ0n) is 15.0. The predicted octanol–water partition coefficient (Wildman–Crippen LogP) is 3.00. The zero-order chi connectivity index (χ0) is 19.6. The Morgan fingerprint density at radius 3 is 2.70 bits per heavy atom. The third kappa shape index (κ3) is 5.93. The minimum atomic E-state index is -0.530. The van der Waals surface area contributed by atoms with E-state index in [2.05, 4.69) is 15.8 Å². The first kappa shape index (κ1) is 20.1. The number of nitrogens with zero attached hydrogens (tertiary/aromatic N) is 2. The Kier molecular flexibility index (Phi) is 7.50. The van der Waals surface area contributed by atoms with Gasteiger partial charge in [0.1, 0.15) is 0 Å². The van der Waals surface area contributed by atoms with Crippen LogP contribution in [0.2, 0.25) is 0 Å². The second-order valence-electron chi connectivity index (χ2n) is 5.30. The van der Waals surface area contributed by atoms with Crippen molar-refractivity contribution in [2.75, 3.05) is 13.7 Å². The molecule has 0 aliphatic heterocycles. The lowest BCUT2D eigenvalue weighted by Gasteiger charge is -2.10. The highest BCUT2D eigenvalue weighted by atomic mass is 32.1. The number of nitro groups is 1. The number of hydrazone groups is 1. The summed E-state index contributed by atoms with van der Waals surface area (Å²) in [6, 6.07) is 12.7. The topological polar surface area (TPSA) is 98.0 Å². The highest BCUT2D eigenvalue weighted by molar-refractivity contribution is 7.80. The summed E-state index contributed by atoms with van der Waals surface area (Å²) in [6.07, 6.45) is 1.42. The molecule has 2 rings (SSSR count). The van der Waals surface area contributed by atoms with Gasteiger partial charge in [0.15, 0.2) is 10.9 Å². The van der Waals surface area contributed by atoms with E-state index in [0.29, 0.717) is 23.8 Å². The summed E-state index contributed by atoms with van der Waals surface area (Å²) >= 11 is 5.15. The zero-order valence-corrected chi connectivity index (χ0v) is 15.8. The molecule has 0 heterocycles. The molecule has 2 N–H and O–H groups in total. The number of thiocarbonyl (C=S) groups is 1. The van der Waals surface area contributed by atoms with Gasteiger partial charge >= 0.3 is 5.69 Å². The molecule has 0 unspecified atom stereocenters. The maximum absolute atomic E-state index is 11.3. The van der Waals surface area contributed by atoms with E-state index < -0.39 is 4.92 Å². The summed E-state index contributed by atoms with van der Waals surface area (Å²) in [5.74, 6) is 0.354. The molecule has 0 bridgehead atoms. The first-order valence-corrected chi connectivity index (χ1v) is 8.56. The van der Waals surface area contributed by atoms with E-state index in [-0.39, 0.29) is 17.2 Å². The third-order valence-electron chi connectivity index (χ3n) is 3.43. The van der Waals surface area contributed by atoms with E-state index in [4.69, 9.17) is 21.7 Å². The van der Waals surface area contributed by atoms with Crippen molar-refractivity contribution in [1.29, 1.82) is 0 Å². The Morgan fingerprint density at radius 1 is 1.33 bits per heavy atom. The molecule has 0 spiro atoms. The average Bonchev–Trinajstić information content (AvgIpc) is 2.67. The van der Waals surface area contributed by atoms with Gasteiger partial charge in [-0.3, -0.25) is 15.5 Å². The van der Waals surface area contributed by atoms with Crippen LogP contribution in [0.5, 0.6) is 11.5 Å². The number of methoxy groups -OCH3 is 1. The highest BCUT2D eigenvalue weighted by Crippen LogP contribution is 2.37. The first-order chi connectivity index (χ1) is 13.0. The van der Waals surface area contributed by atoms with Gasteiger partial charge < -0.3 is 14.8 Å². The summed E-state index contributed by atoms with van der Waals surface area (Å²) in [5, 5.41) is 18.6. The van der Waals surface area contributed by atoms with Crippen molar-refractivity contribution in [2.45, 2.75) is 13.5 Å². The molecule has 0 fully saturated rings. The predicted molar refractivity (Wildman–Crippen MR) is 107 cm³/mol. The maximum Gasteiger partial charge on any atom is 0.315 e. The quantitative estimate of drug-likeness (QED) is 0.310. The standard InChI is InChI=1S/C18H20N4O4S/c1-3-26-16-10-14(9-15(22(23)24)17(16)25-2)12-20-21-18(27)19-11-13-7-5-4-6-8-13/h4-10,12H,3,11H2,1-2H3,(H2,19,21,27)/b20-12-. The fraction of sp³-hybridized carbons (Fsp3) is 0.222. The summed E-state index contributed by atoms with van der Waals surface area (Å²) in [7, 11) is 1.36. The number of nitro benzene ring substituents is 1. The average molecular weight is 388 g/mol. The van der Waals surface area contributed by atoms with Crippen LogP contribution in [0.3, 0.4) is 0 Å². The van der Waals surface area contributed by atoms with Gasteiger partial charge in [-0.2, -0.15) is 5.10 Å². The molecule has 0 atom stereocenters. The lowest BCUT2D eigenvalue weighted by Crippen LogP contribution is -2.31. The molecule has 142 valence electrons. The van der Waals surface area contributed by atoms with E-state index >= 15 is 0 Å². The molecule has 0 saturated carbocycles. The Morgan fingerprint density at radius 2 is 2.07 bits per heavy atom. The van der Waals surface area contributed by atoms with Crippen LogP contribution < -0.4 is 20.2 Å². The van der Waals surface area contributed by atoms with Gasteiger partial charge in [-0.05, 0) is 30.8 Å². The van der Waals surface area contributed by atoms with Gasteiger partial charge in [0.25, 0.3) is 0 Å². The Hall–Kier alpha value is -3.20. The van der Waals surface area contributed by atoms with Gasteiger partial charge in [0.05, 0.1) is 24.9 Å². The monoisotopic (exact) mass is 388 g/mol. The number of ether oxygens (including phenoxy) is 2. The molecule has 8 nitrogen and oxygen atoms in total. The van der Waals surface area contributed by atoms with Gasteiger partial charge in [-0.1, -0.05) is 30.3 Å². The van der Waals surface area contributed by atoms with Crippen molar-refractivity contribution in [2.24, 2.45) is 5.10 Å². The lowest BCUT2D eigenvalue weighted by molar-refractivity contribution is -0.385. The molecule has 0 saturated heterocycles.